The van der Waals surface area contributed by atoms with Gasteiger partial charge in [-0.05, 0) is 12.8 Å². The van der Waals surface area contributed by atoms with Crippen LogP contribution in [0.4, 0.5) is 5.82 Å². The van der Waals surface area contributed by atoms with Gasteiger partial charge in [0.05, 0.1) is 18.0 Å². The van der Waals surface area contributed by atoms with Crippen molar-refractivity contribution in [1.82, 2.24) is 9.97 Å². The molecule has 0 fully saturated rings. The van der Waals surface area contributed by atoms with E-state index in [1.54, 1.807) is 6.92 Å². The minimum atomic E-state index is -1.11. The topological polar surface area (TPSA) is 95.3 Å². The molecule has 0 amide bonds. The Labute approximate surface area is 106 Å². The Hall–Kier alpha value is -1.69. The second kappa shape index (κ2) is 5.77. The summed E-state index contributed by atoms with van der Waals surface area (Å²) in [4.78, 5) is 18.3. The number of carboxylic acids is 1. The summed E-state index contributed by atoms with van der Waals surface area (Å²) in [5, 5.41) is 21.8. The van der Waals surface area contributed by atoms with Gasteiger partial charge in [-0.25, -0.2) is 14.8 Å². The van der Waals surface area contributed by atoms with Crippen LogP contribution >= 0.6 is 0 Å². The molecule has 18 heavy (non-hydrogen) atoms. The first-order valence-corrected chi connectivity index (χ1v) is 5.88. The van der Waals surface area contributed by atoms with Gasteiger partial charge in [-0.3, -0.25) is 0 Å². The standard InChI is InChI=1S/C12H19N3O3/c1-4-8(2)12(3,18)7-15-10-6-13-9(5-14-10)11(16)17/h5-6,8,18H,4,7H2,1-3H3,(H,14,15)(H,16,17). The summed E-state index contributed by atoms with van der Waals surface area (Å²) in [6.07, 6.45) is 3.40. The van der Waals surface area contributed by atoms with Crippen LogP contribution in [0.25, 0.3) is 0 Å². The molecule has 6 heteroatoms. The van der Waals surface area contributed by atoms with Gasteiger partial charge in [0.2, 0.25) is 0 Å². The number of anilines is 1. The first-order valence-electron chi connectivity index (χ1n) is 5.88. The highest BCUT2D eigenvalue weighted by Crippen LogP contribution is 2.20. The van der Waals surface area contributed by atoms with E-state index in [0.717, 1.165) is 6.42 Å². The Morgan fingerprint density at radius 3 is 2.61 bits per heavy atom. The predicted molar refractivity (Wildman–Crippen MR) is 67.6 cm³/mol. The molecule has 0 radical (unpaired) electrons. The third-order valence-electron chi connectivity index (χ3n) is 3.17. The van der Waals surface area contributed by atoms with E-state index in [2.05, 4.69) is 15.3 Å². The zero-order valence-corrected chi connectivity index (χ0v) is 10.8. The zero-order chi connectivity index (χ0) is 13.8. The molecule has 2 unspecified atom stereocenters. The number of aromatic nitrogens is 2. The van der Waals surface area contributed by atoms with Crippen LogP contribution in [0.1, 0.15) is 37.7 Å². The lowest BCUT2D eigenvalue weighted by Gasteiger charge is -2.29. The van der Waals surface area contributed by atoms with Gasteiger partial charge in [-0.2, -0.15) is 0 Å². The minimum Gasteiger partial charge on any atom is -0.476 e. The van der Waals surface area contributed by atoms with Crippen molar-refractivity contribution >= 4 is 11.8 Å². The highest BCUT2D eigenvalue weighted by atomic mass is 16.4. The molecular weight excluding hydrogens is 234 g/mol. The van der Waals surface area contributed by atoms with Crippen LogP contribution in [-0.4, -0.2) is 38.3 Å². The van der Waals surface area contributed by atoms with Crippen molar-refractivity contribution in [2.45, 2.75) is 32.8 Å². The smallest absolute Gasteiger partial charge is 0.356 e. The molecular formula is C12H19N3O3. The van der Waals surface area contributed by atoms with E-state index in [1.807, 2.05) is 13.8 Å². The van der Waals surface area contributed by atoms with Crippen LogP contribution in [0.15, 0.2) is 12.4 Å². The van der Waals surface area contributed by atoms with Crippen molar-refractivity contribution in [3.05, 3.63) is 18.1 Å². The molecule has 0 aliphatic heterocycles. The number of rotatable bonds is 6. The number of aromatic carboxylic acids is 1. The van der Waals surface area contributed by atoms with Crippen LogP contribution in [0.5, 0.6) is 0 Å². The van der Waals surface area contributed by atoms with Gasteiger partial charge in [-0.15, -0.1) is 0 Å². The van der Waals surface area contributed by atoms with Gasteiger partial charge >= 0.3 is 5.97 Å². The average molecular weight is 253 g/mol. The lowest BCUT2D eigenvalue weighted by molar-refractivity contribution is 0.0175. The first-order chi connectivity index (χ1) is 8.36. The summed E-state index contributed by atoms with van der Waals surface area (Å²) in [6.45, 7) is 6.08. The normalized spacial score (nSPS) is 15.8. The van der Waals surface area contributed by atoms with Gasteiger partial charge in [0.1, 0.15) is 5.82 Å². The van der Waals surface area contributed by atoms with E-state index in [4.69, 9.17) is 5.11 Å². The molecule has 0 aliphatic carbocycles. The van der Waals surface area contributed by atoms with Gasteiger partial charge in [0, 0.05) is 6.54 Å². The fraction of sp³-hybridized carbons (Fsp3) is 0.583. The number of carboxylic acid groups (broad SMARTS) is 1. The van der Waals surface area contributed by atoms with E-state index in [0.29, 0.717) is 12.4 Å². The Morgan fingerprint density at radius 1 is 1.50 bits per heavy atom. The maximum absolute atomic E-state index is 10.6. The number of aliphatic hydroxyl groups is 1. The molecule has 2 atom stereocenters. The Morgan fingerprint density at radius 2 is 2.17 bits per heavy atom. The molecule has 100 valence electrons. The van der Waals surface area contributed by atoms with Crippen molar-refractivity contribution in [2.24, 2.45) is 5.92 Å². The molecule has 0 aromatic carbocycles. The number of carbonyl (C=O) groups is 1. The number of hydrogen-bond acceptors (Lipinski definition) is 5. The van der Waals surface area contributed by atoms with Crippen LogP contribution < -0.4 is 5.32 Å². The highest BCUT2D eigenvalue weighted by Gasteiger charge is 2.26. The minimum absolute atomic E-state index is 0.103. The van der Waals surface area contributed by atoms with Gasteiger partial charge in [0.15, 0.2) is 5.69 Å². The molecule has 1 rings (SSSR count). The third kappa shape index (κ3) is 3.66. The SMILES string of the molecule is CCC(C)C(C)(O)CNc1cnc(C(=O)O)cn1. The van der Waals surface area contributed by atoms with E-state index < -0.39 is 11.6 Å². The Bertz CT molecular complexity index is 404. The third-order valence-corrected chi connectivity index (χ3v) is 3.17. The first kappa shape index (κ1) is 14.4. The molecule has 0 bridgehead atoms. The molecule has 0 saturated carbocycles. The molecule has 3 N–H and O–H groups in total. The number of nitrogens with zero attached hydrogens (tertiary/aromatic N) is 2. The summed E-state index contributed by atoms with van der Waals surface area (Å²) < 4.78 is 0. The van der Waals surface area contributed by atoms with Crippen molar-refractivity contribution in [2.75, 3.05) is 11.9 Å². The maximum atomic E-state index is 10.6. The fourth-order valence-electron chi connectivity index (χ4n) is 1.41. The van der Waals surface area contributed by atoms with E-state index in [-0.39, 0.29) is 11.6 Å². The van der Waals surface area contributed by atoms with Crippen LogP contribution in [-0.2, 0) is 0 Å². The van der Waals surface area contributed by atoms with Crippen LogP contribution in [0.3, 0.4) is 0 Å². The molecule has 0 saturated heterocycles. The fourth-order valence-corrected chi connectivity index (χ4v) is 1.41. The van der Waals surface area contributed by atoms with Crippen molar-refractivity contribution < 1.29 is 15.0 Å². The Balaban J connectivity index is 2.61. The molecule has 6 nitrogen and oxygen atoms in total. The van der Waals surface area contributed by atoms with E-state index in [1.165, 1.54) is 12.4 Å². The predicted octanol–water partition coefficient (Wildman–Crippen LogP) is 1.38. The molecule has 0 aliphatic rings. The summed E-state index contributed by atoms with van der Waals surface area (Å²) in [5.74, 6) is -0.513. The summed E-state index contributed by atoms with van der Waals surface area (Å²) in [5.41, 5.74) is -0.948. The zero-order valence-electron chi connectivity index (χ0n) is 10.8. The second-order valence-electron chi connectivity index (χ2n) is 4.61. The maximum Gasteiger partial charge on any atom is 0.356 e. The Kier molecular flexibility index (Phi) is 4.61. The molecule has 0 spiro atoms. The highest BCUT2D eigenvalue weighted by molar-refractivity contribution is 5.84. The number of nitrogens with one attached hydrogen (secondary N) is 1. The summed E-state index contributed by atoms with van der Waals surface area (Å²) >= 11 is 0. The molecule has 1 heterocycles. The number of hydrogen-bond donors (Lipinski definition) is 3. The van der Waals surface area contributed by atoms with Gasteiger partial charge in [0.25, 0.3) is 0 Å². The second-order valence-corrected chi connectivity index (χ2v) is 4.61. The molecule has 1 aromatic heterocycles. The van der Waals surface area contributed by atoms with Crippen molar-refractivity contribution in [1.29, 1.82) is 0 Å². The summed E-state index contributed by atoms with van der Waals surface area (Å²) in [7, 11) is 0. The van der Waals surface area contributed by atoms with Crippen molar-refractivity contribution in [3.8, 4) is 0 Å². The van der Waals surface area contributed by atoms with E-state index >= 15 is 0 Å². The molecule has 1 aromatic rings. The van der Waals surface area contributed by atoms with Crippen LogP contribution in [0, 0.1) is 5.92 Å². The van der Waals surface area contributed by atoms with Gasteiger partial charge < -0.3 is 15.5 Å². The lowest BCUT2D eigenvalue weighted by Crippen LogP contribution is -2.40. The van der Waals surface area contributed by atoms with Gasteiger partial charge in [-0.1, -0.05) is 20.3 Å². The monoisotopic (exact) mass is 253 g/mol. The van der Waals surface area contributed by atoms with Crippen LogP contribution in [0.2, 0.25) is 0 Å². The van der Waals surface area contributed by atoms with Crippen molar-refractivity contribution in [3.63, 3.8) is 0 Å². The largest absolute Gasteiger partial charge is 0.476 e. The lowest BCUT2D eigenvalue weighted by atomic mass is 9.89. The summed E-state index contributed by atoms with van der Waals surface area (Å²) in [6, 6.07) is 0. The average Bonchev–Trinajstić information content (AvgIpc) is 2.35. The quantitative estimate of drug-likeness (QED) is 0.709. The van der Waals surface area contributed by atoms with E-state index in [9.17, 15) is 9.90 Å².